The largest absolute Gasteiger partial charge is 0.366 e. The number of rotatable bonds is 8. The molecule has 3 fully saturated rings. The quantitative estimate of drug-likeness (QED) is 0.278. The zero-order chi connectivity index (χ0) is 28.2. The minimum Gasteiger partial charge on any atom is -0.366 e. The molecule has 12 nitrogen and oxygen atoms in total. The molecule has 2 bridgehead atoms. The third-order valence-electron chi connectivity index (χ3n) is 8.78. The number of non-ortho nitro benzene ring substituents is 1. The van der Waals surface area contributed by atoms with Crippen molar-refractivity contribution in [1.29, 1.82) is 0 Å². The first-order valence-corrected chi connectivity index (χ1v) is 14.4. The Kier molecular flexibility index (Phi) is 6.62. The maximum atomic E-state index is 13.8. The molecule has 0 unspecified atom stereocenters. The fraction of sp³-hybridized carbons (Fsp3) is 0.500. The zero-order valence-corrected chi connectivity index (χ0v) is 23.0. The lowest BCUT2D eigenvalue weighted by Crippen LogP contribution is -2.46. The number of hydrazone groups is 1. The van der Waals surface area contributed by atoms with Crippen molar-refractivity contribution in [1.82, 2.24) is 4.31 Å². The molecule has 2 aromatic rings. The SMILES string of the molecule is CC1(C)C[C@H]2C[C@@]1(C)CN2S(=O)(=O)c1cc([N+](=O)[O-])ccc1N/N=C\c1ccc(N2CCCC2)c([N+](=O)[O-])c1. The van der Waals surface area contributed by atoms with Crippen LogP contribution in [0.3, 0.4) is 0 Å². The molecule has 5 rings (SSSR count). The van der Waals surface area contributed by atoms with E-state index in [0.29, 0.717) is 24.2 Å². The van der Waals surface area contributed by atoms with Gasteiger partial charge in [-0.15, -0.1) is 0 Å². The van der Waals surface area contributed by atoms with Gasteiger partial charge in [-0.05, 0) is 48.6 Å². The fourth-order valence-electron chi connectivity index (χ4n) is 6.17. The highest BCUT2D eigenvalue weighted by molar-refractivity contribution is 7.89. The summed E-state index contributed by atoms with van der Waals surface area (Å²) in [5.41, 5.74) is 3.24. The number of benzene rings is 2. The second kappa shape index (κ2) is 9.56. The number of anilines is 2. The number of nitro benzene ring substituents is 2. The van der Waals surface area contributed by atoms with E-state index >= 15 is 0 Å². The van der Waals surface area contributed by atoms with Gasteiger partial charge < -0.3 is 4.90 Å². The van der Waals surface area contributed by atoms with Crippen LogP contribution < -0.4 is 10.3 Å². The first-order valence-electron chi connectivity index (χ1n) is 13.0. The number of sulfonamides is 1. The Labute approximate surface area is 227 Å². The van der Waals surface area contributed by atoms with E-state index in [1.54, 1.807) is 12.1 Å². The number of nitrogens with zero attached hydrogens (tertiary/aromatic N) is 5. The molecule has 0 amide bonds. The second-order valence-corrected chi connectivity index (χ2v) is 13.4. The predicted molar refractivity (Wildman–Crippen MR) is 148 cm³/mol. The van der Waals surface area contributed by atoms with Gasteiger partial charge in [-0.2, -0.15) is 9.41 Å². The number of piperidine rings is 1. The molecule has 208 valence electrons. The van der Waals surface area contributed by atoms with Crippen LogP contribution in [-0.4, -0.2) is 54.5 Å². The molecule has 2 saturated heterocycles. The van der Waals surface area contributed by atoms with Crippen molar-refractivity contribution >= 4 is 39.0 Å². The number of nitro groups is 2. The smallest absolute Gasteiger partial charge is 0.293 e. The summed E-state index contributed by atoms with van der Waals surface area (Å²) in [5, 5.41) is 27.3. The van der Waals surface area contributed by atoms with Crippen molar-refractivity contribution in [3.63, 3.8) is 0 Å². The van der Waals surface area contributed by atoms with Gasteiger partial charge in [0.25, 0.3) is 11.4 Å². The number of fused-ring (bicyclic) bond motifs is 2. The molecule has 1 aliphatic carbocycles. The van der Waals surface area contributed by atoms with Crippen LogP contribution in [0.5, 0.6) is 0 Å². The first-order chi connectivity index (χ1) is 18.3. The third-order valence-corrected chi connectivity index (χ3v) is 10.7. The van der Waals surface area contributed by atoms with Gasteiger partial charge in [0.05, 0.1) is 21.7 Å². The molecule has 2 heterocycles. The Bertz CT molecular complexity index is 1470. The topological polar surface area (TPSA) is 151 Å². The Morgan fingerprint density at radius 1 is 1.03 bits per heavy atom. The average Bonchev–Trinajstić information content (AvgIpc) is 3.57. The van der Waals surface area contributed by atoms with E-state index < -0.39 is 19.9 Å². The van der Waals surface area contributed by atoms with Gasteiger partial charge in [-0.25, -0.2) is 8.42 Å². The number of hydrogen-bond donors (Lipinski definition) is 1. The molecule has 2 atom stereocenters. The summed E-state index contributed by atoms with van der Waals surface area (Å²) in [5.74, 6) is 0. The summed E-state index contributed by atoms with van der Waals surface area (Å²) >= 11 is 0. The van der Waals surface area contributed by atoms with Gasteiger partial charge in [-0.3, -0.25) is 25.7 Å². The lowest BCUT2D eigenvalue weighted by Gasteiger charge is -2.42. The minimum absolute atomic E-state index is 0.00925. The van der Waals surface area contributed by atoms with Crippen molar-refractivity contribution in [2.24, 2.45) is 15.9 Å². The highest BCUT2D eigenvalue weighted by Crippen LogP contribution is 2.60. The van der Waals surface area contributed by atoms with Gasteiger partial charge in [0.2, 0.25) is 10.0 Å². The summed E-state index contributed by atoms with van der Waals surface area (Å²) in [6.45, 7) is 8.25. The minimum atomic E-state index is -4.07. The Morgan fingerprint density at radius 2 is 1.74 bits per heavy atom. The Balaban J connectivity index is 1.43. The standard InChI is InChI=1S/C26H32N6O6S/c1-25(2)14-20-15-26(25,3)17-30(20)39(37,38)24-13-19(31(33)34)7-8-21(24)28-27-16-18-6-9-22(23(12-18)32(35)36)29-10-4-5-11-29/h6-9,12-13,16,20,28H,4-5,10-11,14-15,17H2,1-3H3/b27-16-/t20-,26-/m0/s1. The van der Waals surface area contributed by atoms with E-state index in [1.807, 2.05) is 4.90 Å². The molecule has 2 aromatic carbocycles. The van der Waals surface area contributed by atoms with E-state index in [1.165, 1.54) is 28.7 Å². The van der Waals surface area contributed by atoms with Crippen LogP contribution in [0, 0.1) is 31.1 Å². The van der Waals surface area contributed by atoms with Crippen molar-refractivity contribution in [3.05, 3.63) is 62.2 Å². The van der Waals surface area contributed by atoms with Crippen molar-refractivity contribution in [2.75, 3.05) is 30.0 Å². The van der Waals surface area contributed by atoms with Crippen molar-refractivity contribution in [3.8, 4) is 0 Å². The molecule has 2 aliphatic heterocycles. The molecular formula is C26H32N6O6S. The zero-order valence-electron chi connectivity index (χ0n) is 22.2. The third kappa shape index (κ3) is 4.73. The highest BCUT2D eigenvalue weighted by atomic mass is 32.2. The molecule has 0 radical (unpaired) electrons. The van der Waals surface area contributed by atoms with Crippen LogP contribution in [0.4, 0.5) is 22.7 Å². The van der Waals surface area contributed by atoms with Gasteiger partial charge in [0.15, 0.2) is 0 Å². The van der Waals surface area contributed by atoms with Crippen LogP contribution in [0.1, 0.15) is 52.0 Å². The molecule has 1 N–H and O–H groups in total. The number of hydrogen-bond acceptors (Lipinski definition) is 9. The van der Waals surface area contributed by atoms with Gasteiger partial charge in [-0.1, -0.05) is 26.8 Å². The lowest BCUT2D eigenvalue weighted by atomic mass is 9.69. The average molecular weight is 557 g/mol. The monoisotopic (exact) mass is 556 g/mol. The molecule has 0 spiro atoms. The summed E-state index contributed by atoms with van der Waals surface area (Å²) in [4.78, 5) is 23.9. The molecule has 13 heteroatoms. The summed E-state index contributed by atoms with van der Waals surface area (Å²) in [6, 6.07) is 8.24. The Hall–Kier alpha value is -3.58. The fourth-order valence-corrected chi connectivity index (χ4v) is 8.08. The van der Waals surface area contributed by atoms with E-state index in [2.05, 4.69) is 31.3 Å². The van der Waals surface area contributed by atoms with E-state index in [9.17, 15) is 28.6 Å². The molecular weight excluding hydrogens is 524 g/mol. The van der Waals surface area contributed by atoms with Crippen LogP contribution in [0.15, 0.2) is 46.4 Å². The molecule has 39 heavy (non-hydrogen) atoms. The van der Waals surface area contributed by atoms with Crippen molar-refractivity contribution in [2.45, 2.75) is 57.4 Å². The van der Waals surface area contributed by atoms with Gasteiger partial charge in [0, 0.05) is 49.4 Å². The summed E-state index contributed by atoms with van der Waals surface area (Å²) in [7, 11) is -4.07. The molecule has 1 saturated carbocycles. The van der Waals surface area contributed by atoms with Gasteiger partial charge in [0.1, 0.15) is 10.6 Å². The maximum Gasteiger partial charge on any atom is 0.293 e. The molecule has 3 aliphatic rings. The van der Waals surface area contributed by atoms with E-state index in [0.717, 1.165) is 38.4 Å². The van der Waals surface area contributed by atoms with E-state index in [-0.39, 0.29) is 38.8 Å². The predicted octanol–water partition coefficient (Wildman–Crippen LogP) is 4.75. The van der Waals surface area contributed by atoms with Crippen molar-refractivity contribution < 1.29 is 18.3 Å². The van der Waals surface area contributed by atoms with Crippen LogP contribution in [0.2, 0.25) is 0 Å². The maximum absolute atomic E-state index is 13.8. The Morgan fingerprint density at radius 3 is 2.33 bits per heavy atom. The summed E-state index contributed by atoms with van der Waals surface area (Å²) < 4.78 is 29.1. The number of nitrogens with one attached hydrogen (secondary N) is 1. The van der Waals surface area contributed by atoms with E-state index in [4.69, 9.17) is 0 Å². The normalized spacial score (nSPS) is 24.5. The molecule has 0 aromatic heterocycles. The second-order valence-electron chi connectivity index (χ2n) is 11.6. The highest BCUT2D eigenvalue weighted by Gasteiger charge is 2.60. The first kappa shape index (κ1) is 27.0. The van der Waals surface area contributed by atoms with Crippen LogP contribution in [-0.2, 0) is 10.0 Å². The van der Waals surface area contributed by atoms with Gasteiger partial charge >= 0.3 is 0 Å². The van der Waals surface area contributed by atoms with Crippen LogP contribution >= 0.6 is 0 Å². The lowest BCUT2D eigenvalue weighted by molar-refractivity contribution is -0.385. The van der Waals surface area contributed by atoms with Crippen LogP contribution in [0.25, 0.3) is 0 Å². The summed E-state index contributed by atoms with van der Waals surface area (Å²) in [6.07, 6.45) is 4.78.